The van der Waals surface area contributed by atoms with Gasteiger partial charge in [0.15, 0.2) is 0 Å². The van der Waals surface area contributed by atoms with E-state index in [0.29, 0.717) is 0 Å². The van der Waals surface area contributed by atoms with Crippen LogP contribution in [0.25, 0.3) is 0 Å². The average molecular weight is 422 g/mol. The zero-order valence-corrected chi connectivity index (χ0v) is 17.1. The smallest absolute Gasteiger partial charge is 0.242 e. The molecule has 0 heterocycles. The number of carbonyl (C=O) groups is 1. The van der Waals surface area contributed by atoms with E-state index < -0.39 is 32.2 Å². The van der Waals surface area contributed by atoms with Crippen LogP contribution in [0.3, 0.4) is 0 Å². The number of amides is 1. The van der Waals surface area contributed by atoms with Crippen LogP contribution >= 0.6 is 0 Å². The summed E-state index contributed by atoms with van der Waals surface area (Å²) >= 11 is 0. The molecular formula is C18H19N3O5S2. The number of rotatable bonds is 6. The van der Waals surface area contributed by atoms with Gasteiger partial charge in [0.05, 0.1) is 26.4 Å². The zero-order chi connectivity index (χ0) is 21.1. The lowest BCUT2D eigenvalue weighted by Crippen LogP contribution is -2.23. The molecule has 8 nitrogen and oxygen atoms in total. The Kier molecular flexibility index (Phi) is 6.23. The van der Waals surface area contributed by atoms with Crippen molar-refractivity contribution >= 4 is 31.5 Å². The molecule has 0 aliphatic rings. The molecule has 0 aliphatic heterocycles. The molecule has 0 radical (unpaired) electrons. The Hall–Kier alpha value is -2.74. The van der Waals surface area contributed by atoms with Crippen LogP contribution in [-0.4, -0.2) is 41.1 Å². The van der Waals surface area contributed by atoms with E-state index >= 15 is 0 Å². The molecule has 10 heteroatoms. The number of anilines is 1. The van der Waals surface area contributed by atoms with Crippen LogP contribution < -0.4 is 5.32 Å². The first-order chi connectivity index (χ1) is 13.0. The third-order valence-electron chi connectivity index (χ3n) is 3.86. The second kappa shape index (κ2) is 8.10. The highest BCUT2D eigenvalue weighted by Crippen LogP contribution is 2.31. The lowest BCUT2D eigenvalue weighted by Gasteiger charge is -2.16. The first-order valence-corrected chi connectivity index (χ1v) is 11.0. The molecule has 0 saturated heterocycles. The maximum atomic E-state index is 13.0. The Labute approximate surface area is 164 Å². The quantitative estimate of drug-likeness (QED) is 0.760. The van der Waals surface area contributed by atoms with Gasteiger partial charge in [0.2, 0.25) is 25.8 Å². The molecule has 0 bridgehead atoms. The Bertz CT molecular complexity index is 1150. The fourth-order valence-electron chi connectivity index (χ4n) is 2.32. The molecule has 2 aromatic rings. The van der Waals surface area contributed by atoms with Gasteiger partial charge in [-0.3, -0.25) is 4.79 Å². The Morgan fingerprint density at radius 1 is 1.04 bits per heavy atom. The summed E-state index contributed by atoms with van der Waals surface area (Å²) in [6.07, 6.45) is -0.505. The molecule has 28 heavy (non-hydrogen) atoms. The van der Waals surface area contributed by atoms with Gasteiger partial charge >= 0.3 is 0 Å². The second-order valence-electron chi connectivity index (χ2n) is 6.14. The average Bonchev–Trinajstić information content (AvgIpc) is 2.61. The summed E-state index contributed by atoms with van der Waals surface area (Å²) in [5, 5.41) is 11.0. The second-order valence-corrected chi connectivity index (χ2v) is 10.2. The van der Waals surface area contributed by atoms with E-state index in [0.717, 1.165) is 28.1 Å². The van der Waals surface area contributed by atoms with Crippen LogP contribution in [0, 0.1) is 18.3 Å². The molecule has 0 fully saturated rings. The molecule has 0 saturated carbocycles. The standard InChI is InChI=1S/C18H19N3O5S2/c1-13-4-6-14(7-5-13)27(23,24)17-9-8-15(28(25,26)21(2)3)12-16(17)20-18(22)10-11-19/h4-9,12H,10H2,1-3H3,(H,20,22). The third-order valence-corrected chi connectivity index (χ3v) is 7.50. The molecule has 0 unspecified atom stereocenters. The van der Waals surface area contributed by atoms with Gasteiger partial charge in [-0.25, -0.2) is 21.1 Å². The third kappa shape index (κ3) is 4.39. The maximum Gasteiger partial charge on any atom is 0.242 e. The first-order valence-electron chi connectivity index (χ1n) is 8.05. The minimum absolute atomic E-state index is 0.00269. The number of hydrogen-bond acceptors (Lipinski definition) is 6. The van der Waals surface area contributed by atoms with Crippen molar-refractivity contribution in [1.29, 1.82) is 5.26 Å². The van der Waals surface area contributed by atoms with E-state index in [1.807, 2.05) is 6.92 Å². The Morgan fingerprint density at radius 3 is 2.14 bits per heavy atom. The molecule has 0 spiro atoms. The van der Waals surface area contributed by atoms with Gasteiger partial charge in [-0.2, -0.15) is 5.26 Å². The molecule has 148 valence electrons. The number of aryl methyl sites for hydroxylation is 1. The summed E-state index contributed by atoms with van der Waals surface area (Å²) < 4.78 is 51.8. The van der Waals surface area contributed by atoms with E-state index in [9.17, 15) is 21.6 Å². The van der Waals surface area contributed by atoms with E-state index in [1.165, 1.54) is 26.2 Å². The number of nitrogens with one attached hydrogen (secondary N) is 1. The topological polar surface area (TPSA) is 124 Å². The molecule has 1 N–H and O–H groups in total. The molecule has 0 aliphatic carbocycles. The van der Waals surface area contributed by atoms with Crippen LogP contribution in [0.1, 0.15) is 12.0 Å². The summed E-state index contributed by atoms with van der Waals surface area (Å²) in [6, 6.07) is 11.1. The fraction of sp³-hybridized carbons (Fsp3) is 0.222. The molecule has 2 aromatic carbocycles. The van der Waals surface area contributed by atoms with E-state index in [2.05, 4.69) is 5.32 Å². The highest BCUT2D eigenvalue weighted by molar-refractivity contribution is 7.91. The van der Waals surface area contributed by atoms with E-state index in [4.69, 9.17) is 5.26 Å². The fourth-order valence-corrected chi connectivity index (χ4v) is 4.65. The number of nitrogens with zero attached hydrogens (tertiary/aromatic N) is 2. The van der Waals surface area contributed by atoms with Crippen LogP contribution in [-0.2, 0) is 24.7 Å². The predicted octanol–water partition coefficient (Wildman–Crippen LogP) is 1.93. The minimum atomic E-state index is -4.04. The summed E-state index contributed by atoms with van der Waals surface area (Å²) in [7, 11) is -5.23. The first kappa shape index (κ1) is 21.6. The number of nitriles is 1. The van der Waals surface area contributed by atoms with Crippen molar-refractivity contribution in [2.75, 3.05) is 19.4 Å². The highest BCUT2D eigenvalue weighted by atomic mass is 32.2. The summed E-state index contributed by atoms with van der Waals surface area (Å²) in [5.41, 5.74) is 0.665. The maximum absolute atomic E-state index is 13.0. The summed E-state index contributed by atoms with van der Waals surface area (Å²) in [6.45, 7) is 1.81. The molecular weight excluding hydrogens is 402 g/mol. The highest BCUT2D eigenvalue weighted by Gasteiger charge is 2.26. The largest absolute Gasteiger partial charge is 0.324 e. The Balaban J connectivity index is 2.67. The zero-order valence-electron chi connectivity index (χ0n) is 15.5. The van der Waals surface area contributed by atoms with Gasteiger partial charge in [0.1, 0.15) is 6.42 Å². The van der Waals surface area contributed by atoms with Crippen molar-refractivity contribution in [3.8, 4) is 6.07 Å². The van der Waals surface area contributed by atoms with E-state index in [1.54, 1.807) is 18.2 Å². The van der Waals surface area contributed by atoms with Gasteiger partial charge in [-0.05, 0) is 37.3 Å². The molecule has 2 rings (SSSR count). The van der Waals surface area contributed by atoms with Crippen LogP contribution in [0.4, 0.5) is 5.69 Å². The molecule has 1 amide bonds. The number of hydrogen-bond donors (Lipinski definition) is 1. The van der Waals surface area contributed by atoms with Crippen molar-refractivity contribution in [3.63, 3.8) is 0 Å². The van der Waals surface area contributed by atoms with Gasteiger partial charge < -0.3 is 5.32 Å². The van der Waals surface area contributed by atoms with Crippen LogP contribution in [0.2, 0.25) is 0 Å². The van der Waals surface area contributed by atoms with Crippen LogP contribution in [0.5, 0.6) is 0 Å². The summed E-state index contributed by atoms with van der Waals surface area (Å²) in [4.78, 5) is 11.4. The monoisotopic (exact) mass is 421 g/mol. The number of sulfonamides is 1. The number of sulfone groups is 1. The lowest BCUT2D eigenvalue weighted by atomic mass is 10.2. The van der Waals surface area contributed by atoms with Crippen LogP contribution in [0.15, 0.2) is 57.2 Å². The van der Waals surface area contributed by atoms with Crippen molar-refractivity contribution in [1.82, 2.24) is 4.31 Å². The lowest BCUT2D eigenvalue weighted by molar-refractivity contribution is -0.115. The summed E-state index contributed by atoms with van der Waals surface area (Å²) in [5.74, 6) is -0.748. The molecule has 0 atom stereocenters. The minimum Gasteiger partial charge on any atom is -0.324 e. The van der Waals surface area contributed by atoms with Crippen molar-refractivity contribution in [3.05, 3.63) is 48.0 Å². The van der Waals surface area contributed by atoms with Crippen molar-refractivity contribution in [2.24, 2.45) is 0 Å². The SMILES string of the molecule is Cc1ccc(S(=O)(=O)c2ccc(S(=O)(=O)N(C)C)cc2NC(=O)CC#N)cc1. The normalized spacial score (nSPS) is 11.8. The van der Waals surface area contributed by atoms with Crippen molar-refractivity contribution < 1.29 is 21.6 Å². The number of benzene rings is 2. The molecule has 0 aromatic heterocycles. The van der Waals surface area contributed by atoms with Crippen molar-refractivity contribution in [2.45, 2.75) is 28.0 Å². The Morgan fingerprint density at radius 2 is 1.61 bits per heavy atom. The van der Waals surface area contributed by atoms with Gasteiger partial charge in [0.25, 0.3) is 0 Å². The number of carbonyl (C=O) groups excluding carboxylic acids is 1. The van der Waals surface area contributed by atoms with Gasteiger partial charge in [-0.15, -0.1) is 0 Å². The van der Waals surface area contributed by atoms with E-state index in [-0.39, 0.29) is 20.4 Å². The van der Waals surface area contributed by atoms with Gasteiger partial charge in [0, 0.05) is 14.1 Å². The predicted molar refractivity (Wildman–Crippen MR) is 103 cm³/mol. The van der Waals surface area contributed by atoms with Gasteiger partial charge in [-0.1, -0.05) is 17.7 Å².